The quantitative estimate of drug-likeness (QED) is 0.754. The maximum atomic E-state index is 10.9. The van der Waals surface area contributed by atoms with Gasteiger partial charge in [0.25, 0.3) is 0 Å². The van der Waals surface area contributed by atoms with E-state index in [1.165, 1.54) is 0 Å². The molecular weight excluding hydrogens is 190 g/mol. The van der Waals surface area contributed by atoms with Gasteiger partial charge in [0, 0.05) is 24.4 Å². The largest absolute Gasteiger partial charge is 0.370 e. The summed E-state index contributed by atoms with van der Waals surface area (Å²) in [5.74, 6) is -0.304. The first-order valence-electron chi connectivity index (χ1n) is 5.07. The maximum absolute atomic E-state index is 10.9. The molecule has 1 aromatic rings. The van der Waals surface area contributed by atoms with Gasteiger partial charge in [0.15, 0.2) is 0 Å². The second kappa shape index (κ2) is 5.46. The second-order valence-electron chi connectivity index (χ2n) is 3.51. The fourth-order valence-corrected chi connectivity index (χ4v) is 1.44. The number of nitrogens with one attached hydrogen (secondary N) is 1. The number of primary amides is 1. The number of rotatable bonds is 5. The van der Waals surface area contributed by atoms with Gasteiger partial charge in [0.05, 0.1) is 0 Å². The Morgan fingerprint density at radius 2 is 2.33 bits per heavy atom. The predicted molar refractivity (Wildman–Crippen MR) is 59.2 cm³/mol. The number of aryl methyl sites for hydroxylation is 1. The second-order valence-corrected chi connectivity index (χ2v) is 3.51. The number of hydrogen-bond donors (Lipinski definition) is 2. The minimum atomic E-state index is -0.304. The van der Waals surface area contributed by atoms with Gasteiger partial charge in [-0.15, -0.1) is 0 Å². The lowest BCUT2D eigenvalue weighted by atomic mass is 10.1. The minimum Gasteiger partial charge on any atom is -0.370 e. The summed E-state index contributed by atoms with van der Waals surface area (Å²) in [4.78, 5) is 15.1. The lowest BCUT2D eigenvalue weighted by Gasteiger charge is -2.16. The topological polar surface area (TPSA) is 68.0 Å². The van der Waals surface area contributed by atoms with Crippen molar-refractivity contribution < 1.29 is 4.79 Å². The van der Waals surface area contributed by atoms with E-state index in [4.69, 9.17) is 5.73 Å². The molecular formula is C11H17N3O. The number of hydrogen-bond acceptors (Lipinski definition) is 3. The monoisotopic (exact) mass is 207 g/mol. The first kappa shape index (κ1) is 11.7. The Hall–Kier alpha value is -1.42. The van der Waals surface area contributed by atoms with Gasteiger partial charge in [0.2, 0.25) is 5.91 Å². The van der Waals surface area contributed by atoms with Crippen molar-refractivity contribution in [2.75, 3.05) is 6.54 Å². The third kappa shape index (κ3) is 3.67. The third-order valence-corrected chi connectivity index (χ3v) is 2.19. The summed E-state index contributed by atoms with van der Waals surface area (Å²) >= 11 is 0. The number of aromatic nitrogens is 1. The Morgan fingerprint density at radius 1 is 1.60 bits per heavy atom. The molecule has 15 heavy (non-hydrogen) atoms. The van der Waals surface area contributed by atoms with E-state index in [-0.39, 0.29) is 11.9 Å². The van der Waals surface area contributed by atoms with E-state index in [9.17, 15) is 4.79 Å². The summed E-state index contributed by atoms with van der Waals surface area (Å²) in [6, 6.07) is 3.87. The first-order chi connectivity index (χ1) is 7.13. The van der Waals surface area contributed by atoms with E-state index in [0.29, 0.717) is 6.42 Å². The summed E-state index contributed by atoms with van der Waals surface area (Å²) in [5, 5.41) is 3.21. The van der Waals surface area contributed by atoms with Gasteiger partial charge in [-0.25, -0.2) is 0 Å². The molecule has 0 spiro atoms. The summed E-state index contributed by atoms with van der Waals surface area (Å²) in [7, 11) is 0. The molecule has 1 amide bonds. The molecule has 0 aliphatic heterocycles. The molecule has 1 unspecified atom stereocenters. The molecule has 0 fully saturated rings. The molecule has 1 rings (SSSR count). The molecule has 1 heterocycles. The Kier molecular flexibility index (Phi) is 4.24. The summed E-state index contributed by atoms with van der Waals surface area (Å²) < 4.78 is 0. The van der Waals surface area contributed by atoms with Gasteiger partial charge < -0.3 is 11.1 Å². The summed E-state index contributed by atoms with van der Waals surface area (Å²) in [6.45, 7) is 4.72. The molecule has 1 aromatic heterocycles. The Labute approximate surface area is 89.9 Å². The predicted octanol–water partition coefficient (Wildman–Crippen LogP) is 0.916. The van der Waals surface area contributed by atoms with Crippen LogP contribution >= 0.6 is 0 Å². The van der Waals surface area contributed by atoms with Crippen molar-refractivity contribution in [2.24, 2.45) is 5.73 Å². The molecule has 0 radical (unpaired) electrons. The number of nitrogens with zero attached hydrogens (tertiary/aromatic N) is 1. The van der Waals surface area contributed by atoms with Gasteiger partial charge in [-0.05, 0) is 25.1 Å². The van der Waals surface area contributed by atoms with Crippen LogP contribution in [-0.4, -0.2) is 17.4 Å². The van der Waals surface area contributed by atoms with Crippen molar-refractivity contribution in [3.63, 3.8) is 0 Å². The van der Waals surface area contributed by atoms with Crippen LogP contribution in [0.1, 0.15) is 30.6 Å². The zero-order valence-corrected chi connectivity index (χ0v) is 9.16. The molecule has 0 saturated carbocycles. The van der Waals surface area contributed by atoms with Crippen molar-refractivity contribution in [2.45, 2.75) is 26.3 Å². The van der Waals surface area contributed by atoms with Crippen LogP contribution < -0.4 is 11.1 Å². The highest BCUT2D eigenvalue weighted by molar-refractivity contribution is 5.74. The first-order valence-corrected chi connectivity index (χ1v) is 5.07. The van der Waals surface area contributed by atoms with Crippen LogP contribution in [0.25, 0.3) is 0 Å². The number of amides is 1. The van der Waals surface area contributed by atoms with Crippen LogP contribution in [0.15, 0.2) is 18.3 Å². The molecule has 1 atom stereocenters. The normalized spacial score (nSPS) is 12.4. The molecule has 4 nitrogen and oxygen atoms in total. The summed E-state index contributed by atoms with van der Waals surface area (Å²) in [6.07, 6.45) is 2.09. The molecule has 0 saturated heterocycles. The molecule has 0 aliphatic rings. The van der Waals surface area contributed by atoms with Gasteiger partial charge in [0.1, 0.15) is 0 Å². The zero-order valence-electron chi connectivity index (χ0n) is 9.16. The molecule has 82 valence electrons. The number of pyridine rings is 1. The van der Waals surface area contributed by atoms with Crippen molar-refractivity contribution >= 4 is 5.91 Å². The smallest absolute Gasteiger partial charge is 0.219 e. The van der Waals surface area contributed by atoms with Crippen LogP contribution in [0.3, 0.4) is 0 Å². The number of carbonyl (C=O) groups is 1. The fourth-order valence-electron chi connectivity index (χ4n) is 1.44. The van der Waals surface area contributed by atoms with E-state index in [1.807, 2.05) is 26.0 Å². The highest BCUT2D eigenvalue weighted by atomic mass is 16.1. The van der Waals surface area contributed by atoms with Gasteiger partial charge >= 0.3 is 0 Å². The number of carbonyl (C=O) groups excluding carboxylic acids is 1. The van der Waals surface area contributed by atoms with Crippen LogP contribution in [0.5, 0.6) is 0 Å². The van der Waals surface area contributed by atoms with Crippen LogP contribution in [0, 0.1) is 6.92 Å². The highest BCUT2D eigenvalue weighted by Crippen LogP contribution is 2.15. The molecule has 0 aliphatic carbocycles. The van der Waals surface area contributed by atoms with E-state index in [2.05, 4.69) is 10.3 Å². The van der Waals surface area contributed by atoms with E-state index in [0.717, 1.165) is 17.8 Å². The number of nitrogens with two attached hydrogens (primary N) is 1. The van der Waals surface area contributed by atoms with Gasteiger partial charge in [-0.2, -0.15) is 0 Å². The van der Waals surface area contributed by atoms with Crippen LogP contribution in [0.4, 0.5) is 0 Å². The Bertz CT molecular complexity index is 321. The standard InChI is InChI=1S/C11H17N3O/c1-3-13-10(6-11(12)15)9-5-4-8(2)14-7-9/h4-5,7,10,13H,3,6H2,1-2H3,(H2,12,15). The lowest BCUT2D eigenvalue weighted by molar-refractivity contribution is -0.118. The molecule has 0 bridgehead atoms. The van der Waals surface area contributed by atoms with E-state index < -0.39 is 0 Å². The van der Waals surface area contributed by atoms with Crippen molar-refractivity contribution in [3.05, 3.63) is 29.6 Å². The van der Waals surface area contributed by atoms with E-state index in [1.54, 1.807) is 6.20 Å². The molecule has 3 N–H and O–H groups in total. The Morgan fingerprint density at radius 3 is 2.80 bits per heavy atom. The molecule has 0 aromatic carbocycles. The van der Waals surface area contributed by atoms with Gasteiger partial charge in [-0.1, -0.05) is 13.0 Å². The minimum absolute atomic E-state index is 0.0272. The average Bonchev–Trinajstić information content (AvgIpc) is 2.17. The lowest BCUT2D eigenvalue weighted by Crippen LogP contribution is -2.26. The van der Waals surface area contributed by atoms with Crippen molar-refractivity contribution in [3.8, 4) is 0 Å². The maximum Gasteiger partial charge on any atom is 0.219 e. The Balaban J connectivity index is 2.78. The average molecular weight is 207 g/mol. The highest BCUT2D eigenvalue weighted by Gasteiger charge is 2.12. The van der Waals surface area contributed by atoms with Crippen molar-refractivity contribution in [1.29, 1.82) is 0 Å². The third-order valence-electron chi connectivity index (χ3n) is 2.19. The van der Waals surface area contributed by atoms with E-state index >= 15 is 0 Å². The van der Waals surface area contributed by atoms with Crippen LogP contribution in [0.2, 0.25) is 0 Å². The van der Waals surface area contributed by atoms with Crippen LogP contribution in [-0.2, 0) is 4.79 Å². The zero-order chi connectivity index (χ0) is 11.3. The van der Waals surface area contributed by atoms with Gasteiger partial charge in [-0.3, -0.25) is 9.78 Å². The SMILES string of the molecule is CCNC(CC(N)=O)c1ccc(C)nc1. The summed E-state index contributed by atoms with van der Waals surface area (Å²) in [5.41, 5.74) is 7.16. The fraction of sp³-hybridized carbons (Fsp3) is 0.455. The molecule has 4 heteroatoms. The van der Waals surface area contributed by atoms with Crippen molar-refractivity contribution in [1.82, 2.24) is 10.3 Å².